The molecule has 0 radical (unpaired) electrons. The van der Waals surface area contributed by atoms with Crippen molar-refractivity contribution in [3.8, 4) is 0 Å². The van der Waals surface area contributed by atoms with Crippen molar-refractivity contribution in [2.24, 2.45) is 0 Å². The fourth-order valence-electron chi connectivity index (χ4n) is 1.73. The standard InChI is InChI=1S/C14H20N2O4/c1-11-12(5-4-7-15-11)14(18)16(9-10-19-2)8-6-13(17)20-3/h4-5,7H,6,8-10H2,1-3H3. The van der Waals surface area contributed by atoms with Crippen LogP contribution in [0.5, 0.6) is 0 Å². The molecule has 1 heterocycles. The molecule has 1 rings (SSSR count). The second-order valence-electron chi connectivity index (χ2n) is 4.25. The van der Waals surface area contributed by atoms with Gasteiger partial charge in [-0.2, -0.15) is 0 Å². The second-order valence-corrected chi connectivity index (χ2v) is 4.25. The molecule has 0 atom stereocenters. The van der Waals surface area contributed by atoms with E-state index < -0.39 is 0 Å². The minimum atomic E-state index is -0.344. The lowest BCUT2D eigenvalue weighted by Crippen LogP contribution is -2.36. The average molecular weight is 280 g/mol. The van der Waals surface area contributed by atoms with Crippen molar-refractivity contribution in [1.29, 1.82) is 0 Å². The van der Waals surface area contributed by atoms with Crippen LogP contribution in [0.2, 0.25) is 0 Å². The van der Waals surface area contributed by atoms with E-state index in [0.717, 1.165) is 0 Å². The van der Waals surface area contributed by atoms with Gasteiger partial charge in [0.15, 0.2) is 0 Å². The van der Waals surface area contributed by atoms with Gasteiger partial charge in [0.25, 0.3) is 5.91 Å². The molecule has 1 aromatic heterocycles. The molecule has 6 nitrogen and oxygen atoms in total. The molecule has 0 saturated heterocycles. The van der Waals surface area contributed by atoms with Crippen molar-refractivity contribution in [2.45, 2.75) is 13.3 Å². The van der Waals surface area contributed by atoms with Gasteiger partial charge in [0.2, 0.25) is 0 Å². The van der Waals surface area contributed by atoms with Gasteiger partial charge in [-0.1, -0.05) is 0 Å². The van der Waals surface area contributed by atoms with Gasteiger partial charge in [0, 0.05) is 32.1 Å². The van der Waals surface area contributed by atoms with E-state index in [1.807, 2.05) is 0 Å². The fraction of sp³-hybridized carbons (Fsp3) is 0.500. The SMILES string of the molecule is COCCN(CCC(=O)OC)C(=O)c1cccnc1C. The summed E-state index contributed by atoms with van der Waals surface area (Å²) in [7, 11) is 2.90. The number of hydrogen-bond acceptors (Lipinski definition) is 5. The first kappa shape index (κ1) is 16.1. The van der Waals surface area contributed by atoms with Crippen LogP contribution in [0.25, 0.3) is 0 Å². The van der Waals surface area contributed by atoms with Gasteiger partial charge in [-0.05, 0) is 19.1 Å². The average Bonchev–Trinajstić information content (AvgIpc) is 2.47. The monoisotopic (exact) mass is 280 g/mol. The van der Waals surface area contributed by atoms with Gasteiger partial charge in [0.05, 0.1) is 25.7 Å². The maximum atomic E-state index is 12.5. The number of nitrogens with zero attached hydrogens (tertiary/aromatic N) is 2. The molecule has 0 N–H and O–H groups in total. The van der Waals surface area contributed by atoms with Crippen molar-refractivity contribution in [3.63, 3.8) is 0 Å². The quantitative estimate of drug-likeness (QED) is 0.698. The summed E-state index contributed by atoms with van der Waals surface area (Å²) in [5.74, 6) is -0.500. The molecule has 0 fully saturated rings. The molecule has 0 bridgehead atoms. The Kier molecular flexibility index (Phi) is 6.66. The third-order valence-corrected chi connectivity index (χ3v) is 2.90. The molecule has 0 saturated carbocycles. The normalized spacial score (nSPS) is 10.2. The van der Waals surface area contributed by atoms with Gasteiger partial charge in [0.1, 0.15) is 0 Å². The van der Waals surface area contributed by atoms with Crippen LogP contribution < -0.4 is 0 Å². The predicted molar refractivity (Wildman–Crippen MR) is 73.4 cm³/mol. The number of esters is 1. The van der Waals surface area contributed by atoms with Crippen LogP contribution in [0.3, 0.4) is 0 Å². The summed E-state index contributed by atoms with van der Waals surface area (Å²) < 4.78 is 9.59. The number of aryl methyl sites for hydroxylation is 1. The Morgan fingerprint density at radius 2 is 2.05 bits per heavy atom. The smallest absolute Gasteiger partial charge is 0.307 e. The molecule has 110 valence electrons. The number of pyridine rings is 1. The van der Waals surface area contributed by atoms with Crippen LogP contribution >= 0.6 is 0 Å². The van der Waals surface area contributed by atoms with Gasteiger partial charge in [-0.3, -0.25) is 14.6 Å². The second kappa shape index (κ2) is 8.27. The van der Waals surface area contributed by atoms with Crippen LogP contribution in [-0.4, -0.2) is 55.7 Å². The van der Waals surface area contributed by atoms with Crippen molar-refractivity contribution >= 4 is 11.9 Å². The number of carbonyl (C=O) groups excluding carboxylic acids is 2. The van der Waals surface area contributed by atoms with Gasteiger partial charge < -0.3 is 14.4 Å². The van der Waals surface area contributed by atoms with E-state index >= 15 is 0 Å². The maximum absolute atomic E-state index is 12.5. The number of carbonyl (C=O) groups is 2. The van der Waals surface area contributed by atoms with E-state index in [2.05, 4.69) is 9.72 Å². The summed E-state index contributed by atoms with van der Waals surface area (Å²) in [6, 6.07) is 3.44. The van der Waals surface area contributed by atoms with Crippen LogP contribution in [0.1, 0.15) is 22.5 Å². The summed E-state index contributed by atoms with van der Waals surface area (Å²) in [6.07, 6.45) is 1.80. The first-order valence-electron chi connectivity index (χ1n) is 6.36. The Bertz CT molecular complexity index is 462. The predicted octanol–water partition coefficient (Wildman–Crippen LogP) is 1.04. The van der Waals surface area contributed by atoms with Crippen LogP contribution in [0.4, 0.5) is 0 Å². The van der Waals surface area contributed by atoms with E-state index in [-0.39, 0.29) is 18.3 Å². The van der Waals surface area contributed by atoms with E-state index in [9.17, 15) is 9.59 Å². The third kappa shape index (κ3) is 4.62. The highest BCUT2D eigenvalue weighted by molar-refractivity contribution is 5.95. The minimum absolute atomic E-state index is 0.156. The van der Waals surface area contributed by atoms with Crippen LogP contribution in [0, 0.1) is 6.92 Å². The Morgan fingerprint density at radius 3 is 2.65 bits per heavy atom. The first-order valence-corrected chi connectivity index (χ1v) is 6.36. The largest absolute Gasteiger partial charge is 0.469 e. The summed E-state index contributed by atoms with van der Waals surface area (Å²) in [4.78, 5) is 29.3. The lowest BCUT2D eigenvalue weighted by atomic mass is 10.1. The van der Waals surface area contributed by atoms with Gasteiger partial charge >= 0.3 is 5.97 Å². The summed E-state index contributed by atoms with van der Waals surface area (Å²) in [5.41, 5.74) is 1.20. The molecule has 0 aromatic carbocycles. The van der Waals surface area contributed by atoms with Crippen molar-refractivity contribution < 1.29 is 19.1 Å². The van der Waals surface area contributed by atoms with Crippen LogP contribution in [0.15, 0.2) is 18.3 Å². The van der Waals surface area contributed by atoms with Crippen molar-refractivity contribution in [1.82, 2.24) is 9.88 Å². The highest BCUT2D eigenvalue weighted by Crippen LogP contribution is 2.09. The number of methoxy groups -OCH3 is 2. The Hall–Kier alpha value is -1.95. The number of aromatic nitrogens is 1. The molecule has 0 spiro atoms. The Balaban J connectivity index is 2.78. The van der Waals surface area contributed by atoms with Crippen molar-refractivity contribution in [2.75, 3.05) is 33.9 Å². The number of amides is 1. The molecule has 0 unspecified atom stereocenters. The molecule has 20 heavy (non-hydrogen) atoms. The zero-order chi connectivity index (χ0) is 15.0. The molecule has 0 aliphatic heterocycles. The molecule has 0 aliphatic rings. The topological polar surface area (TPSA) is 68.7 Å². The van der Waals surface area contributed by atoms with Gasteiger partial charge in [-0.25, -0.2) is 0 Å². The van der Waals surface area contributed by atoms with E-state index in [1.165, 1.54) is 7.11 Å². The summed E-state index contributed by atoms with van der Waals surface area (Å²) in [6.45, 7) is 2.90. The van der Waals surface area contributed by atoms with E-state index in [1.54, 1.807) is 37.3 Å². The lowest BCUT2D eigenvalue weighted by Gasteiger charge is -2.22. The first-order chi connectivity index (χ1) is 9.60. The maximum Gasteiger partial charge on any atom is 0.307 e. The third-order valence-electron chi connectivity index (χ3n) is 2.90. The van der Waals surface area contributed by atoms with Crippen LogP contribution in [-0.2, 0) is 14.3 Å². The molecule has 0 aliphatic carbocycles. The molecule has 1 amide bonds. The van der Waals surface area contributed by atoms with E-state index in [4.69, 9.17) is 4.74 Å². The summed E-state index contributed by atoms with van der Waals surface area (Å²) in [5, 5.41) is 0. The number of hydrogen-bond donors (Lipinski definition) is 0. The molecular formula is C14H20N2O4. The fourth-order valence-corrected chi connectivity index (χ4v) is 1.73. The highest BCUT2D eigenvalue weighted by Gasteiger charge is 2.18. The zero-order valence-electron chi connectivity index (χ0n) is 12.1. The van der Waals surface area contributed by atoms with Gasteiger partial charge in [-0.15, -0.1) is 0 Å². The summed E-state index contributed by atoms with van der Waals surface area (Å²) >= 11 is 0. The molecule has 6 heteroatoms. The highest BCUT2D eigenvalue weighted by atomic mass is 16.5. The Morgan fingerprint density at radius 1 is 1.30 bits per heavy atom. The van der Waals surface area contributed by atoms with Crippen molar-refractivity contribution in [3.05, 3.63) is 29.6 Å². The number of rotatable bonds is 7. The molecule has 1 aromatic rings. The lowest BCUT2D eigenvalue weighted by molar-refractivity contribution is -0.140. The molecular weight excluding hydrogens is 260 g/mol. The number of ether oxygens (including phenoxy) is 2. The Labute approximate surface area is 118 Å². The van der Waals surface area contributed by atoms with E-state index in [0.29, 0.717) is 31.0 Å². The zero-order valence-corrected chi connectivity index (χ0v) is 12.1. The minimum Gasteiger partial charge on any atom is -0.469 e.